The maximum Gasteiger partial charge on any atom is 0.277 e. The molecule has 7 nitrogen and oxygen atoms in total. The van der Waals surface area contributed by atoms with Gasteiger partial charge < -0.3 is 13.9 Å². The fourth-order valence-electron chi connectivity index (χ4n) is 3.84. The molecule has 1 aliphatic heterocycles. The van der Waals surface area contributed by atoms with Crippen LogP contribution in [0.2, 0.25) is 0 Å². The topological polar surface area (TPSA) is 77.7 Å². The van der Waals surface area contributed by atoms with Gasteiger partial charge in [-0.25, -0.2) is 4.39 Å². The van der Waals surface area contributed by atoms with Crippen molar-refractivity contribution in [2.75, 3.05) is 17.3 Å². The fraction of sp³-hybridized carbons (Fsp3) is 0.192. The third kappa shape index (κ3) is 5.00. The van der Waals surface area contributed by atoms with Gasteiger partial charge in [-0.3, -0.25) is 9.69 Å². The number of carbonyl (C=O) groups is 1. The highest BCUT2D eigenvalue weighted by atomic mass is 32.2. The zero-order valence-corrected chi connectivity index (χ0v) is 19.7. The summed E-state index contributed by atoms with van der Waals surface area (Å²) in [6.45, 7) is 2.04. The minimum absolute atomic E-state index is 0.0852. The molecule has 1 amide bonds. The number of nitrogens with zero attached hydrogens (tertiary/aromatic N) is 3. The van der Waals surface area contributed by atoms with Crippen molar-refractivity contribution in [2.24, 2.45) is 0 Å². The Labute approximate surface area is 205 Å². The molecule has 35 heavy (non-hydrogen) atoms. The van der Waals surface area contributed by atoms with Gasteiger partial charge >= 0.3 is 0 Å². The van der Waals surface area contributed by atoms with Crippen LogP contribution in [0, 0.1) is 5.82 Å². The highest BCUT2D eigenvalue weighted by Crippen LogP contribution is 2.40. The molecule has 0 N–H and O–H groups in total. The average Bonchev–Trinajstić information content (AvgIpc) is 3.38. The number of aromatic nitrogens is 2. The summed E-state index contributed by atoms with van der Waals surface area (Å²) in [5, 5.41) is 8.25. The van der Waals surface area contributed by atoms with E-state index in [9.17, 15) is 9.18 Å². The van der Waals surface area contributed by atoms with Crippen LogP contribution in [0.3, 0.4) is 0 Å². The van der Waals surface area contributed by atoms with E-state index in [0.29, 0.717) is 12.4 Å². The quantitative estimate of drug-likeness (QED) is 0.311. The number of ether oxygens (including phenoxy) is 2. The Hall–Kier alpha value is -3.85. The van der Waals surface area contributed by atoms with Gasteiger partial charge in [0.1, 0.15) is 12.4 Å². The van der Waals surface area contributed by atoms with Gasteiger partial charge in [-0.05, 0) is 36.8 Å². The number of rotatable bonds is 7. The summed E-state index contributed by atoms with van der Waals surface area (Å²) in [5.41, 5.74) is 1.70. The summed E-state index contributed by atoms with van der Waals surface area (Å²) in [6, 6.07) is 23.1. The summed E-state index contributed by atoms with van der Waals surface area (Å²) in [4.78, 5) is 15.2. The smallest absolute Gasteiger partial charge is 0.277 e. The van der Waals surface area contributed by atoms with E-state index in [1.54, 1.807) is 24.0 Å². The number of hydrogen-bond donors (Lipinski definition) is 0. The molecule has 2 atom stereocenters. The third-order valence-electron chi connectivity index (χ3n) is 5.52. The first kappa shape index (κ1) is 22.9. The maximum atomic E-state index is 13.9. The lowest BCUT2D eigenvalue weighted by molar-refractivity contribution is -0.117. The third-order valence-corrected chi connectivity index (χ3v) is 6.32. The summed E-state index contributed by atoms with van der Waals surface area (Å²) in [5.74, 6) is 0.453. The lowest BCUT2D eigenvalue weighted by Gasteiger charge is -2.37. The minimum atomic E-state index is -0.655. The standard InChI is InChI=1S/C26H22FN3O4S/c1-17(33-22-13-7-5-11-19(22)27)25-28-29-26(34-25)35-16-24(31)30-20-12-6-8-14-23(20)32-15-21(30)18-9-3-2-4-10-18/h2-14,17,21H,15-16H2,1H3/t17-,21+/m0/s1. The van der Waals surface area contributed by atoms with Crippen LogP contribution in [0.25, 0.3) is 0 Å². The highest BCUT2D eigenvalue weighted by Gasteiger charge is 2.33. The molecular weight excluding hydrogens is 469 g/mol. The molecule has 0 saturated heterocycles. The van der Waals surface area contributed by atoms with Crippen LogP contribution in [0.15, 0.2) is 88.5 Å². The molecule has 1 aromatic heterocycles. The molecule has 0 aliphatic carbocycles. The molecule has 0 radical (unpaired) electrons. The number of halogens is 1. The van der Waals surface area contributed by atoms with Gasteiger partial charge in [0.25, 0.3) is 11.1 Å². The summed E-state index contributed by atoms with van der Waals surface area (Å²) in [7, 11) is 0. The lowest BCUT2D eigenvalue weighted by atomic mass is 10.0. The second kappa shape index (κ2) is 10.2. The Bertz CT molecular complexity index is 1320. The fourth-order valence-corrected chi connectivity index (χ4v) is 4.46. The van der Waals surface area contributed by atoms with E-state index in [0.717, 1.165) is 23.0 Å². The van der Waals surface area contributed by atoms with Crippen LogP contribution in [0.1, 0.15) is 30.5 Å². The van der Waals surface area contributed by atoms with Crippen LogP contribution >= 0.6 is 11.8 Å². The molecule has 0 saturated carbocycles. The Morgan fingerprint density at radius 1 is 1.09 bits per heavy atom. The van der Waals surface area contributed by atoms with Crippen molar-refractivity contribution in [1.29, 1.82) is 0 Å². The Morgan fingerprint density at radius 2 is 1.83 bits per heavy atom. The zero-order valence-electron chi connectivity index (χ0n) is 18.8. The van der Waals surface area contributed by atoms with Gasteiger partial charge in [0.2, 0.25) is 5.91 Å². The first-order valence-corrected chi connectivity index (χ1v) is 12.0. The number of benzene rings is 3. The molecule has 0 bridgehead atoms. The van der Waals surface area contributed by atoms with Crippen molar-refractivity contribution in [2.45, 2.75) is 24.3 Å². The van der Waals surface area contributed by atoms with Crippen molar-refractivity contribution in [3.63, 3.8) is 0 Å². The van der Waals surface area contributed by atoms with Gasteiger partial charge in [0, 0.05) is 0 Å². The van der Waals surface area contributed by atoms with Gasteiger partial charge in [-0.2, -0.15) is 0 Å². The number of carbonyl (C=O) groups excluding carboxylic acids is 1. The van der Waals surface area contributed by atoms with Gasteiger partial charge in [0.15, 0.2) is 17.7 Å². The zero-order chi connectivity index (χ0) is 24.2. The molecule has 0 fully saturated rings. The molecule has 5 rings (SSSR count). The number of para-hydroxylation sites is 3. The van der Waals surface area contributed by atoms with E-state index in [4.69, 9.17) is 13.9 Å². The molecule has 9 heteroatoms. The van der Waals surface area contributed by atoms with Crippen LogP contribution in [-0.4, -0.2) is 28.5 Å². The Morgan fingerprint density at radius 3 is 2.66 bits per heavy atom. The number of hydrogen-bond acceptors (Lipinski definition) is 7. The highest BCUT2D eigenvalue weighted by molar-refractivity contribution is 7.99. The van der Waals surface area contributed by atoms with Crippen LogP contribution in [0.4, 0.5) is 10.1 Å². The van der Waals surface area contributed by atoms with Gasteiger partial charge in [-0.1, -0.05) is 66.4 Å². The number of thioether (sulfide) groups is 1. The van der Waals surface area contributed by atoms with Gasteiger partial charge in [0.05, 0.1) is 17.5 Å². The number of anilines is 1. The summed E-state index contributed by atoms with van der Waals surface area (Å²) >= 11 is 1.14. The molecular formula is C26H22FN3O4S. The molecule has 1 aliphatic rings. The van der Waals surface area contributed by atoms with E-state index in [2.05, 4.69) is 10.2 Å². The van der Waals surface area contributed by atoms with Crippen molar-refractivity contribution < 1.29 is 23.1 Å². The predicted octanol–water partition coefficient (Wildman–Crippen LogP) is 5.61. The predicted molar refractivity (Wildman–Crippen MR) is 129 cm³/mol. The average molecular weight is 492 g/mol. The normalized spacial score (nSPS) is 15.7. The van der Waals surface area contributed by atoms with E-state index in [1.807, 2.05) is 54.6 Å². The summed E-state index contributed by atoms with van der Waals surface area (Å²) < 4.78 is 31.1. The van der Waals surface area contributed by atoms with Crippen molar-refractivity contribution in [3.8, 4) is 11.5 Å². The second-order valence-electron chi connectivity index (χ2n) is 7.85. The van der Waals surface area contributed by atoms with Crippen LogP contribution < -0.4 is 14.4 Å². The monoisotopic (exact) mass is 491 g/mol. The minimum Gasteiger partial charge on any atom is -0.489 e. The molecule has 178 valence electrons. The number of amides is 1. The van der Waals surface area contributed by atoms with Crippen LogP contribution in [0.5, 0.6) is 11.5 Å². The van der Waals surface area contributed by atoms with E-state index in [1.165, 1.54) is 12.1 Å². The molecule has 3 aromatic carbocycles. The molecule has 0 unspecified atom stereocenters. The van der Waals surface area contributed by atoms with E-state index in [-0.39, 0.29) is 34.6 Å². The summed E-state index contributed by atoms with van der Waals surface area (Å²) in [6.07, 6.45) is -0.655. The first-order chi connectivity index (χ1) is 17.1. The van der Waals surface area contributed by atoms with Crippen LogP contribution in [-0.2, 0) is 4.79 Å². The molecule has 0 spiro atoms. The van der Waals surface area contributed by atoms with E-state index < -0.39 is 11.9 Å². The SMILES string of the molecule is C[C@H](Oc1ccccc1F)c1nnc(SCC(=O)N2c3ccccc3OC[C@@H]2c2ccccc2)o1. The molecule has 2 heterocycles. The van der Waals surface area contributed by atoms with Crippen molar-refractivity contribution in [3.05, 3.63) is 96.1 Å². The van der Waals surface area contributed by atoms with Crippen molar-refractivity contribution >= 4 is 23.4 Å². The molecule has 4 aromatic rings. The first-order valence-electron chi connectivity index (χ1n) is 11.1. The van der Waals surface area contributed by atoms with Gasteiger partial charge in [-0.15, -0.1) is 10.2 Å². The van der Waals surface area contributed by atoms with Crippen molar-refractivity contribution in [1.82, 2.24) is 10.2 Å². The lowest BCUT2D eigenvalue weighted by Crippen LogP contribution is -2.42. The second-order valence-corrected chi connectivity index (χ2v) is 8.78. The Kier molecular flexibility index (Phi) is 6.67. The maximum absolute atomic E-state index is 13.9. The number of fused-ring (bicyclic) bond motifs is 1. The largest absolute Gasteiger partial charge is 0.489 e. The van der Waals surface area contributed by atoms with E-state index >= 15 is 0 Å². The Balaban J connectivity index is 1.29.